The second-order valence-electron chi connectivity index (χ2n) is 7.04. The lowest BCUT2D eigenvalue weighted by atomic mass is 10.1. The number of hydrogen-bond acceptors (Lipinski definition) is 6. The van der Waals surface area contributed by atoms with Gasteiger partial charge in [-0.3, -0.25) is 14.4 Å². The maximum absolute atomic E-state index is 14.5. The van der Waals surface area contributed by atoms with Gasteiger partial charge in [-0.1, -0.05) is 0 Å². The molecule has 31 heavy (non-hydrogen) atoms. The molecule has 1 saturated heterocycles. The van der Waals surface area contributed by atoms with Crippen LogP contribution in [0.25, 0.3) is 11.3 Å². The van der Waals surface area contributed by atoms with Gasteiger partial charge in [0.05, 0.1) is 12.0 Å². The van der Waals surface area contributed by atoms with Crippen molar-refractivity contribution in [2.75, 3.05) is 17.2 Å². The first-order valence-electron chi connectivity index (χ1n) is 9.61. The minimum atomic E-state index is -0.626. The highest BCUT2D eigenvalue weighted by molar-refractivity contribution is 7.14. The molecule has 3 heterocycles. The Balaban J connectivity index is 1.46. The Kier molecular flexibility index (Phi) is 5.81. The van der Waals surface area contributed by atoms with Crippen molar-refractivity contribution in [3.05, 3.63) is 53.6 Å². The molecule has 1 fully saturated rings. The van der Waals surface area contributed by atoms with Crippen LogP contribution in [-0.2, 0) is 9.59 Å². The normalized spacial score (nSPS) is 15.7. The molecule has 8 nitrogen and oxygen atoms in total. The number of rotatable bonds is 5. The lowest BCUT2D eigenvalue weighted by Gasteiger charge is -2.22. The summed E-state index contributed by atoms with van der Waals surface area (Å²) in [6.07, 6.45) is 2.66. The van der Waals surface area contributed by atoms with Crippen molar-refractivity contribution in [1.29, 1.82) is 0 Å². The molecule has 0 saturated carbocycles. The van der Waals surface area contributed by atoms with Crippen molar-refractivity contribution in [2.45, 2.75) is 25.8 Å². The number of furan rings is 1. The largest absolute Gasteiger partial charge is 0.459 e. The molecule has 0 aliphatic carbocycles. The van der Waals surface area contributed by atoms with Crippen molar-refractivity contribution in [1.82, 2.24) is 9.88 Å². The van der Waals surface area contributed by atoms with E-state index in [-0.39, 0.29) is 29.0 Å². The number of anilines is 2. The summed E-state index contributed by atoms with van der Waals surface area (Å²) in [6, 6.07) is 6.87. The molecule has 0 spiro atoms. The standard InChI is InChI=1S/C21H19FN4O4S/c1-12(27)23-13-6-7-14(15(22)10-13)16-11-31-21(24-16)25-19(28)17-4-2-8-26(17)20(29)18-5-3-9-30-18/h3,5-7,9-11,17H,2,4,8H2,1H3,(H,23,27)(H,24,25,28)/t17-/m1/s1. The van der Waals surface area contributed by atoms with Crippen LogP contribution in [0.4, 0.5) is 15.2 Å². The maximum Gasteiger partial charge on any atom is 0.290 e. The molecule has 2 aromatic heterocycles. The van der Waals surface area contributed by atoms with Crippen molar-refractivity contribution >= 4 is 39.9 Å². The number of likely N-dealkylation sites (tertiary alicyclic amines) is 1. The molecular weight excluding hydrogens is 423 g/mol. The molecule has 1 aromatic carbocycles. The molecule has 1 aliphatic heterocycles. The lowest BCUT2D eigenvalue weighted by Crippen LogP contribution is -2.43. The highest BCUT2D eigenvalue weighted by Crippen LogP contribution is 2.29. The first kappa shape index (κ1) is 20.7. The molecule has 1 atom stereocenters. The number of nitrogens with zero attached hydrogens (tertiary/aromatic N) is 2. The average Bonchev–Trinajstić information content (AvgIpc) is 3.48. The Morgan fingerprint density at radius 3 is 2.81 bits per heavy atom. The molecule has 0 unspecified atom stereocenters. The van der Waals surface area contributed by atoms with Crippen LogP contribution in [-0.4, -0.2) is 40.2 Å². The molecule has 4 rings (SSSR count). The smallest absolute Gasteiger partial charge is 0.290 e. The third-order valence-electron chi connectivity index (χ3n) is 4.85. The number of carbonyl (C=O) groups excluding carboxylic acids is 3. The van der Waals surface area contributed by atoms with Crippen molar-refractivity contribution < 1.29 is 23.2 Å². The van der Waals surface area contributed by atoms with Crippen LogP contribution in [0.3, 0.4) is 0 Å². The van der Waals surface area contributed by atoms with Crippen LogP contribution < -0.4 is 10.6 Å². The quantitative estimate of drug-likeness (QED) is 0.626. The first-order chi connectivity index (χ1) is 14.9. The van der Waals surface area contributed by atoms with Gasteiger partial charge in [0, 0.05) is 30.1 Å². The SMILES string of the molecule is CC(=O)Nc1ccc(-c2csc(NC(=O)[C@H]3CCCN3C(=O)c3ccco3)n2)c(F)c1. The summed E-state index contributed by atoms with van der Waals surface area (Å²) in [4.78, 5) is 42.2. The predicted molar refractivity (Wildman–Crippen MR) is 113 cm³/mol. The van der Waals surface area contributed by atoms with Gasteiger partial charge in [-0.25, -0.2) is 9.37 Å². The zero-order valence-electron chi connectivity index (χ0n) is 16.6. The molecule has 10 heteroatoms. The van der Waals surface area contributed by atoms with E-state index in [9.17, 15) is 18.8 Å². The molecule has 0 radical (unpaired) electrons. The maximum atomic E-state index is 14.5. The summed E-state index contributed by atoms with van der Waals surface area (Å²) in [5, 5.41) is 7.18. The Hall–Kier alpha value is -3.53. The monoisotopic (exact) mass is 442 g/mol. The minimum Gasteiger partial charge on any atom is -0.459 e. The average molecular weight is 442 g/mol. The van der Waals surface area contributed by atoms with Crippen LogP contribution in [0.15, 0.2) is 46.4 Å². The Morgan fingerprint density at radius 1 is 1.26 bits per heavy atom. The van der Waals surface area contributed by atoms with E-state index in [1.165, 1.54) is 30.2 Å². The summed E-state index contributed by atoms with van der Waals surface area (Å²) < 4.78 is 19.6. The highest BCUT2D eigenvalue weighted by atomic mass is 32.1. The lowest BCUT2D eigenvalue weighted by molar-refractivity contribution is -0.119. The zero-order chi connectivity index (χ0) is 22.0. The fraction of sp³-hybridized carbons (Fsp3) is 0.238. The van der Waals surface area contributed by atoms with Crippen LogP contribution in [0.2, 0.25) is 0 Å². The number of aromatic nitrogens is 1. The number of amides is 3. The van der Waals surface area contributed by atoms with E-state index in [2.05, 4.69) is 15.6 Å². The summed E-state index contributed by atoms with van der Waals surface area (Å²) in [7, 11) is 0. The van der Waals surface area contributed by atoms with E-state index in [4.69, 9.17) is 4.42 Å². The summed E-state index contributed by atoms with van der Waals surface area (Å²) in [5.41, 5.74) is 0.962. The van der Waals surface area contributed by atoms with E-state index in [0.29, 0.717) is 35.9 Å². The van der Waals surface area contributed by atoms with Crippen molar-refractivity contribution in [2.24, 2.45) is 0 Å². The number of halogens is 1. The predicted octanol–water partition coefficient (Wildman–Crippen LogP) is 3.74. The van der Waals surface area contributed by atoms with Gasteiger partial charge in [-0.05, 0) is 43.2 Å². The summed E-state index contributed by atoms with van der Waals surface area (Å²) in [5.74, 6) is -1.32. The molecule has 3 amide bonds. The number of benzene rings is 1. The van der Waals surface area contributed by atoms with Crippen molar-refractivity contribution in [3.63, 3.8) is 0 Å². The van der Waals surface area contributed by atoms with E-state index in [1.807, 2.05) is 0 Å². The summed E-state index contributed by atoms with van der Waals surface area (Å²) >= 11 is 1.16. The second-order valence-corrected chi connectivity index (χ2v) is 7.89. The molecule has 160 valence electrons. The van der Waals surface area contributed by atoms with E-state index in [1.54, 1.807) is 23.6 Å². The number of thiazole rings is 1. The number of hydrogen-bond donors (Lipinski definition) is 2. The van der Waals surface area contributed by atoms with E-state index >= 15 is 0 Å². The van der Waals surface area contributed by atoms with Crippen LogP contribution in [0.1, 0.15) is 30.3 Å². The van der Waals surface area contributed by atoms with Gasteiger partial charge >= 0.3 is 0 Å². The topological polar surface area (TPSA) is 105 Å². The zero-order valence-corrected chi connectivity index (χ0v) is 17.4. The Labute approximate surface area is 181 Å². The fourth-order valence-corrected chi connectivity index (χ4v) is 4.19. The van der Waals surface area contributed by atoms with Gasteiger partial charge in [-0.2, -0.15) is 0 Å². The third-order valence-corrected chi connectivity index (χ3v) is 5.61. The van der Waals surface area contributed by atoms with E-state index < -0.39 is 11.9 Å². The highest BCUT2D eigenvalue weighted by Gasteiger charge is 2.35. The third kappa shape index (κ3) is 4.48. The van der Waals surface area contributed by atoms with Gasteiger partial charge in [-0.15, -0.1) is 11.3 Å². The van der Waals surface area contributed by atoms with Gasteiger partial charge < -0.3 is 20.0 Å². The first-order valence-corrected chi connectivity index (χ1v) is 10.5. The van der Waals surface area contributed by atoms with Gasteiger partial charge in [0.1, 0.15) is 11.9 Å². The number of carbonyl (C=O) groups is 3. The molecule has 1 aliphatic rings. The molecule has 3 aromatic rings. The van der Waals surface area contributed by atoms with Gasteiger partial charge in [0.2, 0.25) is 11.8 Å². The minimum absolute atomic E-state index is 0.189. The van der Waals surface area contributed by atoms with Crippen LogP contribution in [0.5, 0.6) is 0 Å². The fourth-order valence-electron chi connectivity index (χ4n) is 3.47. The molecule has 0 bridgehead atoms. The Morgan fingerprint density at radius 2 is 2.10 bits per heavy atom. The molecular formula is C21H19FN4O4S. The Bertz CT molecular complexity index is 1130. The summed E-state index contributed by atoms with van der Waals surface area (Å²) in [6.45, 7) is 1.81. The van der Waals surface area contributed by atoms with Crippen molar-refractivity contribution in [3.8, 4) is 11.3 Å². The van der Waals surface area contributed by atoms with Gasteiger partial charge in [0.25, 0.3) is 5.91 Å². The van der Waals surface area contributed by atoms with Crippen LogP contribution in [0, 0.1) is 5.82 Å². The second kappa shape index (κ2) is 8.68. The number of nitrogens with one attached hydrogen (secondary N) is 2. The van der Waals surface area contributed by atoms with Gasteiger partial charge in [0.15, 0.2) is 10.9 Å². The van der Waals surface area contributed by atoms with Crippen LogP contribution >= 0.6 is 11.3 Å². The molecule has 2 N–H and O–H groups in total. The van der Waals surface area contributed by atoms with E-state index in [0.717, 1.165) is 11.3 Å².